The monoisotopic (exact) mass is 285 g/mol. The summed E-state index contributed by atoms with van der Waals surface area (Å²) >= 11 is 0. The molecule has 1 atom stereocenters. The number of hydrogen-bond acceptors (Lipinski definition) is 4. The van der Waals surface area contributed by atoms with E-state index >= 15 is 0 Å². The Kier molecular flexibility index (Phi) is 7.50. The van der Waals surface area contributed by atoms with Crippen molar-refractivity contribution in [2.75, 3.05) is 27.3 Å². The summed E-state index contributed by atoms with van der Waals surface area (Å²) in [5.74, 6) is 0. The summed E-state index contributed by atoms with van der Waals surface area (Å²) in [6.07, 6.45) is 3.62. The van der Waals surface area contributed by atoms with Gasteiger partial charge in [0.05, 0.1) is 0 Å². The quantitative estimate of drug-likeness (QED) is 0.591. The fourth-order valence-electron chi connectivity index (χ4n) is 1.98. The Morgan fingerprint density at radius 3 is 2.35 bits per heavy atom. The van der Waals surface area contributed by atoms with Crippen molar-refractivity contribution in [3.05, 3.63) is 12.7 Å². The molecule has 1 rings (SSSR count). The molecule has 0 bridgehead atoms. The highest BCUT2D eigenvalue weighted by Gasteiger charge is 2.40. The second-order valence-electron chi connectivity index (χ2n) is 6.03. The molecule has 5 heteroatoms. The third-order valence-electron chi connectivity index (χ3n) is 2.84. The van der Waals surface area contributed by atoms with Crippen molar-refractivity contribution >= 4 is 12.4 Å². The Balaban J connectivity index is 0.00000110. The van der Waals surface area contributed by atoms with Crippen LogP contribution in [0.15, 0.2) is 12.7 Å². The van der Waals surface area contributed by atoms with Crippen LogP contribution in [0, 0.1) is 5.41 Å². The van der Waals surface area contributed by atoms with Gasteiger partial charge in [0.1, 0.15) is 11.9 Å². The highest BCUT2D eigenvalue weighted by atomic mass is 16.6. The van der Waals surface area contributed by atoms with Crippen LogP contribution in [0.25, 0.3) is 0 Å². The summed E-state index contributed by atoms with van der Waals surface area (Å²) in [6, 6.07) is 0. The van der Waals surface area contributed by atoms with Crippen LogP contribution in [-0.2, 0) is 14.3 Å². The van der Waals surface area contributed by atoms with Crippen LogP contribution in [0.1, 0.15) is 33.6 Å². The number of rotatable bonds is 3. The zero-order valence-corrected chi connectivity index (χ0v) is 13.3. The van der Waals surface area contributed by atoms with Gasteiger partial charge in [0, 0.05) is 32.7 Å². The molecule has 0 radical (unpaired) electrons. The number of likely N-dealkylation sites (tertiary alicyclic amines) is 1. The van der Waals surface area contributed by atoms with Crippen LogP contribution in [0.2, 0.25) is 0 Å². The predicted octanol–water partition coefficient (Wildman–Crippen LogP) is 2.65. The largest absolute Gasteiger partial charge is 0.444 e. The molecule has 5 nitrogen and oxygen atoms in total. The Hall–Kier alpha value is -1.36. The van der Waals surface area contributed by atoms with Crippen molar-refractivity contribution < 1.29 is 19.1 Å². The standard InChI is InChI=1S/C13H21NO3.C2H6O/c1-5-6-13(10-15)7-8-14(9-13)11(16)17-12(2,3)4;1-3-2/h5,10H,1,6-9H2,2-4H3;1-2H3. The average molecular weight is 285 g/mol. The summed E-state index contributed by atoms with van der Waals surface area (Å²) in [4.78, 5) is 24.6. The maximum atomic E-state index is 11.8. The minimum Gasteiger partial charge on any atom is -0.444 e. The Labute approximate surface area is 121 Å². The molecule has 20 heavy (non-hydrogen) atoms. The minimum atomic E-state index is -0.498. The second kappa shape index (κ2) is 8.04. The van der Waals surface area contributed by atoms with Crippen LogP contribution < -0.4 is 0 Å². The molecule has 0 N–H and O–H groups in total. The third-order valence-corrected chi connectivity index (χ3v) is 2.84. The zero-order valence-electron chi connectivity index (χ0n) is 13.3. The molecule has 0 aromatic carbocycles. The Morgan fingerprint density at radius 2 is 1.95 bits per heavy atom. The minimum absolute atomic E-state index is 0.342. The van der Waals surface area contributed by atoms with Gasteiger partial charge in [-0.25, -0.2) is 4.79 Å². The summed E-state index contributed by atoms with van der Waals surface area (Å²) in [6.45, 7) is 10.1. The number of amides is 1. The number of carbonyl (C=O) groups excluding carboxylic acids is 2. The van der Waals surface area contributed by atoms with Crippen LogP contribution in [0.4, 0.5) is 4.79 Å². The number of carbonyl (C=O) groups is 2. The van der Waals surface area contributed by atoms with E-state index in [0.717, 1.165) is 6.29 Å². The molecule has 0 saturated carbocycles. The highest BCUT2D eigenvalue weighted by Crippen LogP contribution is 2.32. The molecule has 1 aliphatic rings. The summed E-state index contributed by atoms with van der Waals surface area (Å²) in [5.41, 5.74) is -0.958. The normalized spacial score (nSPS) is 21.8. The first-order valence-electron chi connectivity index (χ1n) is 6.69. The molecule has 1 unspecified atom stereocenters. The molecule has 0 aliphatic carbocycles. The molecule has 116 valence electrons. The zero-order chi connectivity index (χ0) is 15.8. The highest BCUT2D eigenvalue weighted by molar-refractivity contribution is 5.71. The number of nitrogens with zero attached hydrogens (tertiary/aromatic N) is 1. The van der Waals surface area contributed by atoms with E-state index in [1.54, 1.807) is 25.2 Å². The van der Waals surface area contributed by atoms with E-state index in [-0.39, 0.29) is 6.09 Å². The Morgan fingerprint density at radius 1 is 1.40 bits per heavy atom. The van der Waals surface area contributed by atoms with Gasteiger partial charge in [0.15, 0.2) is 0 Å². The molecule has 1 saturated heterocycles. The summed E-state index contributed by atoms with van der Waals surface area (Å²) < 4.78 is 9.53. The smallest absolute Gasteiger partial charge is 0.410 e. The number of aldehydes is 1. The van der Waals surface area contributed by atoms with E-state index in [4.69, 9.17) is 4.74 Å². The molecule has 1 heterocycles. The second-order valence-corrected chi connectivity index (χ2v) is 6.03. The van der Waals surface area contributed by atoms with Crippen LogP contribution >= 0.6 is 0 Å². The van der Waals surface area contributed by atoms with Gasteiger partial charge in [0.25, 0.3) is 0 Å². The molecular weight excluding hydrogens is 258 g/mol. The van der Waals surface area contributed by atoms with Gasteiger partial charge < -0.3 is 19.2 Å². The van der Waals surface area contributed by atoms with Crippen molar-refractivity contribution in [1.29, 1.82) is 0 Å². The fraction of sp³-hybridized carbons (Fsp3) is 0.733. The lowest BCUT2D eigenvalue weighted by molar-refractivity contribution is -0.115. The topological polar surface area (TPSA) is 55.8 Å². The fourth-order valence-corrected chi connectivity index (χ4v) is 1.98. The van der Waals surface area contributed by atoms with Gasteiger partial charge in [-0.1, -0.05) is 6.08 Å². The van der Waals surface area contributed by atoms with Crippen LogP contribution in [0.3, 0.4) is 0 Å². The lowest BCUT2D eigenvalue weighted by atomic mass is 9.85. The van der Waals surface area contributed by atoms with Crippen molar-refractivity contribution in [1.82, 2.24) is 4.90 Å². The first-order chi connectivity index (χ1) is 9.23. The lowest BCUT2D eigenvalue weighted by Gasteiger charge is -2.25. The predicted molar refractivity (Wildman–Crippen MR) is 78.7 cm³/mol. The molecule has 0 spiro atoms. The third kappa shape index (κ3) is 6.19. The summed E-state index contributed by atoms with van der Waals surface area (Å²) in [7, 11) is 3.25. The van der Waals surface area contributed by atoms with Gasteiger partial charge in [-0.15, -0.1) is 6.58 Å². The van der Waals surface area contributed by atoms with Gasteiger partial charge >= 0.3 is 6.09 Å². The van der Waals surface area contributed by atoms with E-state index in [0.29, 0.717) is 25.9 Å². The first kappa shape index (κ1) is 18.6. The van der Waals surface area contributed by atoms with Crippen molar-refractivity contribution in [3.63, 3.8) is 0 Å². The maximum Gasteiger partial charge on any atom is 0.410 e. The van der Waals surface area contributed by atoms with Crippen molar-refractivity contribution in [3.8, 4) is 0 Å². The molecule has 1 amide bonds. The van der Waals surface area contributed by atoms with Crippen molar-refractivity contribution in [2.24, 2.45) is 5.41 Å². The van der Waals surface area contributed by atoms with Gasteiger partial charge in [-0.2, -0.15) is 0 Å². The van der Waals surface area contributed by atoms with E-state index in [1.165, 1.54) is 0 Å². The van der Waals surface area contributed by atoms with E-state index in [2.05, 4.69) is 11.3 Å². The van der Waals surface area contributed by atoms with E-state index in [9.17, 15) is 9.59 Å². The van der Waals surface area contributed by atoms with Crippen LogP contribution in [-0.4, -0.2) is 50.2 Å². The van der Waals surface area contributed by atoms with Gasteiger partial charge in [-0.3, -0.25) is 0 Å². The maximum absolute atomic E-state index is 11.8. The van der Waals surface area contributed by atoms with Gasteiger partial charge in [0.2, 0.25) is 0 Å². The number of hydrogen-bond donors (Lipinski definition) is 0. The lowest BCUT2D eigenvalue weighted by Crippen LogP contribution is -2.37. The number of ether oxygens (including phenoxy) is 2. The first-order valence-corrected chi connectivity index (χ1v) is 6.69. The molecule has 0 aromatic heterocycles. The average Bonchev–Trinajstić information content (AvgIpc) is 2.74. The molecule has 1 fully saturated rings. The van der Waals surface area contributed by atoms with E-state index in [1.807, 2.05) is 20.8 Å². The molecule has 0 aromatic rings. The molecule has 1 aliphatic heterocycles. The summed E-state index contributed by atoms with van der Waals surface area (Å²) in [5, 5.41) is 0. The van der Waals surface area contributed by atoms with Crippen molar-refractivity contribution in [2.45, 2.75) is 39.2 Å². The number of methoxy groups -OCH3 is 1. The Bertz CT molecular complexity index is 335. The number of allylic oxidation sites excluding steroid dienone is 1. The van der Waals surface area contributed by atoms with Crippen LogP contribution in [0.5, 0.6) is 0 Å². The molecular formula is C15H27NO4. The SMILES string of the molecule is C=CCC1(C=O)CCN(C(=O)OC(C)(C)C)C1.COC. The van der Waals surface area contributed by atoms with Gasteiger partial charge in [-0.05, 0) is 33.6 Å². The van der Waals surface area contributed by atoms with E-state index < -0.39 is 11.0 Å².